The summed E-state index contributed by atoms with van der Waals surface area (Å²) >= 11 is 0. The van der Waals surface area contributed by atoms with E-state index in [4.69, 9.17) is 0 Å². The monoisotopic (exact) mass is 283 g/mol. The maximum absolute atomic E-state index is 12.0. The second kappa shape index (κ2) is 9.35. The lowest BCUT2D eigenvalue weighted by Crippen LogP contribution is -2.48. The number of nitrogens with zero attached hydrogens (tertiary/aromatic N) is 1. The summed E-state index contributed by atoms with van der Waals surface area (Å²) in [5.41, 5.74) is 0. The third-order valence-electron chi connectivity index (χ3n) is 4.59. The lowest BCUT2D eigenvalue weighted by Gasteiger charge is -2.25. The third-order valence-corrected chi connectivity index (χ3v) is 4.59. The first kappa shape index (κ1) is 17.4. The van der Waals surface area contributed by atoms with E-state index in [0.717, 1.165) is 32.0 Å². The molecular weight excluding hydrogens is 250 g/mol. The number of nitrogens with one attached hydrogen (secondary N) is 2. The average molecular weight is 283 g/mol. The zero-order valence-corrected chi connectivity index (χ0v) is 13.7. The summed E-state index contributed by atoms with van der Waals surface area (Å²) in [6.45, 7) is 8.08. The predicted molar refractivity (Wildman–Crippen MR) is 84.9 cm³/mol. The van der Waals surface area contributed by atoms with Crippen LogP contribution in [0.1, 0.15) is 59.3 Å². The first-order valence-electron chi connectivity index (χ1n) is 8.32. The summed E-state index contributed by atoms with van der Waals surface area (Å²) in [7, 11) is 2.20. The summed E-state index contributed by atoms with van der Waals surface area (Å²) < 4.78 is 0. The van der Waals surface area contributed by atoms with Gasteiger partial charge in [-0.05, 0) is 39.7 Å². The number of carbonyl (C=O) groups is 1. The fraction of sp³-hybridized carbons (Fsp3) is 0.938. The number of likely N-dealkylation sites (N-methyl/N-ethyl adjacent to an activating group) is 1. The van der Waals surface area contributed by atoms with Crippen molar-refractivity contribution < 1.29 is 4.79 Å². The Labute approximate surface area is 124 Å². The van der Waals surface area contributed by atoms with Crippen molar-refractivity contribution in [3.8, 4) is 0 Å². The summed E-state index contributed by atoms with van der Waals surface area (Å²) in [6.07, 6.45) is 7.41. The van der Waals surface area contributed by atoms with Gasteiger partial charge in [0.2, 0.25) is 5.91 Å². The Kier molecular flexibility index (Phi) is 8.15. The molecule has 4 nitrogen and oxygen atoms in total. The van der Waals surface area contributed by atoms with Crippen LogP contribution in [-0.2, 0) is 4.79 Å². The Morgan fingerprint density at radius 3 is 2.40 bits per heavy atom. The van der Waals surface area contributed by atoms with Crippen molar-refractivity contribution in [2.45, 2.75) is 77.4 Å². The Balaban J connectivity index is 2.18. The molecule has 0 radical (unpaired) electrons. The van der Waals surface area contributed by atoms with Crippen molar-refractivity contribution in [1.29, 1.82) is 0 Å². The maximum Gasteiger partial charge on any atom is 0.237 e. The lowest BCUT2D eigenvalue weighted by molar-refractivity contribution is -0.123. The van der Waals surface area contributed by atoms with Crippen molar-refractivity contribution in [2.75, 3.05) is 20.1 Å². The first-order chi connectivity index (χ1) is 9.58. The molecule has 2 N–H and O–H groups in total. The molecule has 1 saturated carbocycles. The summed E-state index contributed by atoms with van der Waals surface area (Å²) in [5.74, 6) is 0.127. The molecule has 1 atom stereocenters. The predicted octanol–water partition coefficient (Wildman–Crippen LogP) is 2.14. The van der Waals surface area contributed by atoms with Crippen LogP contribution >= 0.6 is 0 Å². The largest absolute Gasteiger partial charge is 0.352 e. The average Bonchev–Trinajstić information content (AvgIpc) is 2.98. The quantitative estimate of drug-likeness (QED) is 0.681. The van der Waals surface area contributed by atoms with Crippen LogP contribution in [0.15, 0.2) is 0 Å². The Morgan fingerprint density at radius 2 is 1.85 bits per heavy atom. The van der Waals surface area contributed by atoms with Gasteiger partial charge in [0.1, 0.15) is 0 Å². The Hall–Kier alpha value is -0.610. The van der Waals surface area contributed by atoms with Crippen LogP contribution in [0.4, 0.5) is 0 Å². The lowest BCUT2D eigenvalue weighted by atomic mass is 10.1. The number of rotatable bonds is 9. The standard InChI is InChI=1S/C16H33N3O/c1-5-14(6-2)18-16(20)13(3)17-11-12-19(4)15-9-7-8-10-15/h13-15,17H,5-12H2,1-4H3,(H,18,20). The van der Waals surface area contributed by atoms with Crippen molar-refractivity contribution in [1.82, 2.24) is 15.5 Å². The minimum Gasteiger partial charge on any atom is -0.352 e. The molecule has 1 rings (SSSR count). The molecule has 0 aromatic heterocycles. The van der Waals surface area contributed by atoms with E-state index in [1.807, 2.05) is 6.92 Å². The highest BCUT2D eigenvalue weighted by molar-refractivity contribution is 5.81. The number of hydrogen-bond acceptors (Lipinski definition) is 3. The molecule has 0 saturated heterocycles. The normalized spacial score (nSPS) is 17.9. The molecule has 1 fully saturated rings. The molecule has 4 heteroatoms. The fourth-order valence-corrected chi connectivity index (χ4v) is 2.90. The highest BCUT2D eigenvalue weighted by Crippen LogP contribution is 2.21. The van der Waals surface area contributed by atoms with Gasteiger partial charge in [0, 0.05) is 25.2 Å². The van der Waals surface area contributed by atoms with E-state index in [1.165, 1.54) is 25.7 Å². The van der Waals surface area contributed by atoms with E-state index in [0.29, 0.717) is 6.04 Å². The number of carbonyl (C=O) groups excluding carboxylic acids is 1. The Morgan fingerprint density at radius 1 is 1.25 bits per heavy atom. The topological polar surface area (TPSA) is 44.4 Å². The van der Waals surface area contributed by atoms with Gasteiger partial charge in [0.25, 0.3) is 0 Å². The van der Waals surface area contributed by atoms with E-state index in [1.54, 1.807) is 0 Å². The number of amides is 1. The summed E-state index contributed by atoms with van der Waals surface area (Å²) in [4.78, 5) is 14.5. The van der Waals surface area contributed by atoms with Gasteiger partial charge in [-0.15, -0.1) is 0 Å². The van der Waals surface area contributed by atoms with Crippen molar-refractivity contribution >= 4 is 5.91 Å². The summed E-state index contributed by atoms with van der Waals surface area (Å²) in [5, 5.41) is 6.43. The third kappa shape index (κ3) is 5.80. The molecule has 0 aromatic carbocycles. The second-order valence-corrected chi connectivity index (χ2v) is 6.12. The van der Waals surface area contributed by atoms with Crippen LogP contribution in [0.5, 0.6) is 0 Å². The molecule has 0 bridgehead atoms. The fourth-order valence-electron chi connectivity index (χ4n) is 2.90. The highest BCUT2D eigenvalue weighted by Gasteiger charge is 2.20. The molecule has 0 aliphatic heterocycles. The van der Waals surface area contributed by atoms with Gasteiger partial charge in [-0.25, -0.2) is 0 Å². The van der Waals surface area contributed by atoms with E-state index in [9.17, 15) is 4.79 Å². The molecule has 0 heterocycles. The van der Waals surface area contributed by atoms with Gasteiger partial charge in [0.15, 0.2) is 0 Å². The molecular formula is C16H33N3O. The second-order valence-electron chi connectivity index (χ2n) is 6.12. The van der Waals surface area contributed by atoms with Crippen LogP contribution in [0.25, 0.3) is 0 Å². The minimum atomic E-state index is -0.104. The zero-order chi connectivity index (χ0) is 15.0. The van der Waals surface area contributed by atoms with Crippen molar-refractivity contribution in [2.24, 2.45) is 0 Å². The molecule has 1 aliphatic carbocycles. The molecule has 118 valence electrons. The van der Waals surface area contributed by atoms with Crippen LogP contribution in [-0.4, -0.2) is 49.1 Å². The van der Waals surface area contributed by atoms with E-state index in [-0.39, 0.29) is 11.9 Å². The van der Waals surface area contributed by atoms with E-state index in [2.05, 4.69) is 36.4 Å². The van der Waals surface area contributed by atoms with Gasteiger partial charge in [-0.3, -0.25) is 4.79 Å². The van der Waals surface area contributed by atoms with Crippen molar-refractivity contribution in [3.63, 3.8) is 0 Å². The molecule has 0 spiro atoms. The highest BCUT2D eigenvalue weighted by atomic mass is 16.2. The molecule has 1 aliphatic rings. The number of hydrogen-bond donors (Lipinski definition) is 2. The van der Waals surface area contributed by atoms with E-state index >= 15 is 0 Å². The molecule has 20 heavy (non-hydrogen) atoms. The maximum atomic E-state index is 12.0. The van der Waals surface area contributed by atoms with Crippen molar-refractivity contribution in [3.05, 3.63) is 0 Å². The van der Waals surface area contributed by atoms with Crippen LogP contribution in [0.2, 0.25) is 0 Å². The van der Waals surface area contributed by atoms with Crippen LogP contribution in [0.3, 0.4) is 0 Å². The van der Waals surface area contributed by atoms with Gasteiger partial charge < -0.3 is 15.5 Å². The molecule has 1 amide bonds. The van der Waals surface area contributed by atoms with Gasteiger partial charge >= 0.3 is 0 Å². The summed E-state index contributed by atoms with van der Waals surface area (Å²) in [6, 6.07) is 0.964. The van der Waals surface area contributed by atoms with Crippen LogP contribution in [0, 0.1) is 0 Å². The Bertz CT molecular complexity index is 273. The van der Waals surface area contributed by atoms with Gasteiger partial charge in [-0.2, -0.15) is 0 Å². The zero-order valence-electron chi connectivity index (χ0n) is 13.7. The smallest absolute Gasteiger partial charge is 0.237 e. The van der Waals surface area contributed by atoms with Gasteiger partial charge in [-0.1, -0.05) is 26.7 Å². The van der Waals surface area contributed by atoms with Gasteiger partial charge in [0.05, 0.1) is 6.04 Å². The van der Waals surface area contributed by atoms with Crippen LogP contribution < -0.4 is 10.6 Å². The molecule has 0 aromatic rings. The SMILES string of the molecule is CCC(CC)NC(=O)C(C)NCCN(C)C1CCCC1. The minimum absolute atomic E-state index is 0.104. The van der Waals surface area contributed by atoms with E-state index < -0.39 is 0 Å². The molecule has 1 unspecified atom stereocenters. The first-order valence-corrected chi connectivity index (χ1v) is 8.32.